The molecule has 0 amide bonds. The molecule has 30 heavy (non-hydrogen) atoms. The number of thiocarbonyl (C=S) groups is 1. The Hall–Kier alpha value is -2.31. The number of benzene rings is 2. The number of rotatable bonds is 7. The maximum Gasteiger partial charge on any atom is 0.306 e. The molecule has 5 nitrogen and oxygen atoms in total. The topological polar surface area (TPSA) is 61.8 Å². The number of methoxy groups -OCH3 is 1. The first kappa shape index (κ1) is 22.4. The summed E-state index contributed by atoms with van der Waals surface area (Å²) in [6.07, 6.45) is 3.25. The molecule has 1 aliphatic carbocycles. The molecule has 2 aromatic carbocycles. The van der Waals surface area contributed by atoms with Crippen LogP contribution in [-0.2, 0) is 11.3 Å². The van der Waals surface area contributed by atoms with Gasteiger partial charge in [0.1, 0.15) is 5.75 Å². The summed E-state index contributed by atoms with van der Waals surface area (Å²) in [6.45, 7) is 1.44. The number of carboxylic acids is 1. The zero-order chi connectivity index (χ0) is 21.5. The van der Waals surface area contributed by atoms with Crippen LogP contribution in [0.5, 0.6) is 5.75 Å². The molecule has 1 aliphatic rings. The first-order chi connectivity index (χ1) is 14.4. The van der Waals surface area contributed by atoms with Gasteiger partial charge in [-0.15, -0.1) is 0 Å². The predicted octanol–water partition coefficient (Wildman–Crippen LogP) is 5.44. The van der Waals surface area contributed by atoms with Gasteiger partial charge in [0.25, 0.3) is 0 Å². The molecule has 2 N–H and O–H groups in total. The number of ether oxygens (including phenoxy) is 1. The van der Waals surface area contributed by atoms with Crippen molar-refractivity contribution in [3.05, 3.63) is 59.1 Å². The van der Waals surface area contributed by atoms with E-state index in [1.54, 1.807) is 7.11 Å². The molecule has 0 unspecified atom stereocenters. The number of hydrogen-bond donors (Lipinski definition) is 2. The van der Waals surface area contributed by atoms with E-state index >= 15 is 0 Å². The molecule has 2 aromatic rings. The van der Waals surface area contributed by atoms with Gasteiger partial charge in [-0.05, 0) is 73.6 Å². The summed E-state index contributed by atoms with van der Waals surface area (Å²) >= 11 is 11.8. The van der Waals surface area contributed by atoms with E-state index in [4.69, 9.17) is 28.6 Å². The van der Waals surface area contributed by atoms with Crippen molar-refractivity contribution in [2.24, 2.45) is 11.8 Å². The van der Waals surface area contributed by atoms with Gasteiger partial charge in [0.05, 0.1) is 13.0 Å². The number of carbonyl (C=O) groups is 1. The average Bonchev–Trinajstić information content (AvgIpc) is 2.75. The van der Waals surface area contributed by atoms with E-state index in [1.807, 2.05) is 48.5 Å². The second-order valence-corrected chi connectivity index (χ2v) is 8.55. The molecule has 0 saturated heterocycles. The maximum absolute atomic E-state index is 11.3. The summed E-state index contributed by atoms with van der Waals surface area (Å²) in [7, 11) is 1.64. The lowest BCUT2D eigenvalue weighted by atomic mass is 9.82. The largest absolute Gasteiger partial charge is 0.497 e. The number of carboxylic acid groups (broad SMARTS) is 1. The monoisotopic (exact) mass is 446 g/mol. The second kappa shape index (κ2) is 10.6. The van der Waals surface area contributed by atoms with Gasteiger partial charge in [-0.3, -0.25) is 4.79 Å². The Morgan fingerprint density at radius 3 is 2.53 bits per heavy atom. The van der Waals surface area contributed by atoms with Crippen LogP contribution in [0.15, 0.2) is 48.5 Å². The van der Waals surface area contributed by atoms with Gasteiger partial charge in [0.15, 0.2) is 5.11 Å². The van der Waals surface area contributed by atoms with Gasteiger partial charge in [-0.25, -0.2) is 0 Å². The van der Waals surface area contributed by atoms with Crippen LogP contribution >= 0.6 is 23.8 Å². The van der Waals surface area contributed by atoms with Gasteiger partial charge in [-0.1, -0.05) is 29.8 Å². The number of nitrogens with zero attached hydrogens (tertiary/aromatic N) is 1. The summed E-state index contributed by atoms with van der Waals surface area (Å²) in [5.41, 5.74) is 1.99. The van der Waals surface area contributed by atoms with Crippen LogP contribution < -0.4 is 10.1 Å². The quantitative estimate of drug-likeness (QED) is 0.552. The van der Waals surface area contributed by atoms with Gasteiger partial charge >= 0.3 is 5.97 Å². The van der Waals surface area contributed by atoms with Crippen molar-refractivity contribution in [1.82, 2.24) is 4.90 Å². The fourth-order valence-electron chi connectivity index (χ4n) is 3.84. The van der Waals surface area contributed by atoms with E-state index in [2.05, 4.69) is 10.2 Å². The van der Waals surface area contributed by atoms with E-state index in [9.17, 15) is 9.90 Å². The van der Waals surface area contributed by atoms with Gasteiger partial charge in [-0.2, -0.15) is 0 Å². The molecule has 0 spiro atoms. The summed E-state index contributed by atoms with van der Waals surface area (Å²) < 4.78 is 5.30. The Morgan fingerprint density at radius 1 is 1.20 bits per heavy atom. The first-order valence-corrected chi connectivity index (χ1v) is 10.9. The molecule has 0 heterocycles. The minimum atomic E-state index is -0.679. The van der Waals surface area contributed by atoms with Crippen LogP contribution in [0.1, 0.15) is 31.2 Å². The standard InChI is InChI=1S/C23H27ClN2O3S/c1-29-21-4-2-3-20(13-21)25-23(30)26(15-17-7-11-19(24)12-8-17)14-16-5-9-18(10-6-16)22(27)28/h2-4,7-8,11-13,16,18H,5-6,9-10,14-15H2,1H3,(H,25,30)(H,27,28). The molecule has 7 heteroatoms. The van der Waals surface area contributed by atoms with Crippen LogP contribution in [0.4, 0.5) is 5.69 Å². The maximum atomic E-state index is 11.3. The molecule has 1 fully saturated rings. The minimum Gasteiger partial charge on any atom is -0.497 e. The fraction of sp³-hybridized carbons (Fsp3) is 0.391. The van der Waals surface area contributed by atoms with Crippen molar-refractivity contribution in [2.45, 2.75) is 32.2 Å². The lowest BCUT2D eigenvalue weighted by molar-refractivity contribution is -0.143. The van der Waals surface area contributed by atoms with E-state index in [0.717, 1.165) is 49.2 Å². The highest BCUT2D eigenvalue weighted by Crippen LogP contribution is 2.30. The smallest absolute Gasteiger partial charge is 0.306 e. The molecule has 3 rings (SSSR count). The predicted molar refractivity (Wildman–Crippen MR) is 124 cm³/mol. The van der Waals surface area contributed by atoms with Crippen molar-refractivity contribution in [1.29, 1.82) is 0 Å². The van der Waals surface area contributed by atoms with Crippen molar-refractivity contribution in [3.8, 4) is 5.75 Å². The van der Waals surface area contributed by atoms with E-state index in [0.29, 0.717) is 22.6 Å². The molecule has 0 bridgehead atoms. The van der Waals surface area contributed by atoms with Crippen LogP contribution in [0.2, 0.25) is 5.02 Å². The van der Waals surface area contributed by atoms with Crippen LogP contribution in [-0.4, -0.2) is 34.7 Å². The zero-order valence-corrected chi connectivity index (χ0v) is 18.6. The lowest BCUT2D eigenvalue weighted by Crippen LogP contribution is -2.39. The van der Waals surface area contributed by atoms with Crippen molar-refractivity contribution < 1.29 is 14.6 Å². The SMILES string of the molecule is COc1cccc(NC(=S)N(Cc2ccc(Cl)cc2)CC2CCC(C(=O)O)CC2)c1. The summed E-state index contributed by atoms with van der Waals surface area (Å²) in [5, 5.41) is 13.9. The van der Waals surface area contributed by atoms with Gasteiger partial charge in [0.2, 0.25) is 0 Å². The second-order valence-electron chi connectivity index (χ2n) is 7.72. The molecule has 0 aromatic heterocycles. The zero-order valence-electron chi connectivity index (χ0n) is 17.0. The molecule has 0 aliphatic heterocycles. The van der Waals surface area contributed by atoms with E-state index in [-0.39, 0.29) is 5.92 Å². The third kappa shape index (κ3) is 6.34. The molecule has 0 radical (unpaired) electrons. The van der Waals surface area contributed by atoms with Gasteiger partial charge in [0, 0.05) is 29.9 Å². The Kier molecular flexibility index (Phi) is 7.94. The minimum absolute atomic E-state index is 0.215. The van der Waals surface area contributed by atoms with Gasteiger partial charge < -0.3 is 20.1 Å². The highest BCUT2D eigenvalue weighted by Gasteiger charge is 2.27. The fourth-order valence-corrected chi connectivity index (χ4v) is 4.22. The van der Waals surface area contributed by atoms with E-state index in [1.165, 1.54) is 0 Å². The molecule has 160 valence electrons. The number of hydrogen-bond acceptors (Lipinski definition) is 3. The van der Waals surface area contributed by atoms with Crippen molar-refractivity contribution in [3.63, 3.8) is 0 Å². The summed E-state index contributed by atoms with van der Waals surface area (Å²) in [6, 6.07) is 15.4. The number of aliphatic carboxylic acids is 1. The Bertz CT molecular complexity index is 867. The number of halogens is 1. The average molecular weight is 447 g/mol. The third-order valence-corrected chi connectivity index (χ3v) is 6.18. The lowest BCUT2D eigenvalue weighted by Gasteiger charge is -2.33. The van der Waals surface area contributed by atoms with Crippen LogP contribution in [0.3, 0.4) is 0 Å². The molecule has 1 saturated carbocycles. The Labute approximate surface area is 188 Å². The number of nitrogens with one attached hydrogen (secondary N) is 1. The molecular weight excluding hydrogens is 420 g/mol. The Morgan fingerprint density at radius 2 is 1.90 bits per heavy atom. The highest BCUT2D eigenvalue weighted by atomic mass is 35.5. The van der Waals surface area contributed by atoms with Crippen molar-refractivity contribution >= 4 is 40.6 Å². The third-order valence-electron chi connectivity index (χ3n) is 5.57. The number of anilines is 1. The molecule has 0 atom stereocenters. The first-order valence-electron chi connectivity index (χ1n) is 10.1. The Balaban J connectivity index is 1.70. The van der Waals surface area contributed by atoms with E-state index < -0.39 is 5.97 Å². The highest BCUT2D eigenvalue weighted by molar-refractivity contribution is 7.80. The summed E-state index contributed by atoms with van der Waals surface area (Å²) in [5.74, 6) is 0.284. The van der Waals surface area contributed by atoms with Crippen molar-refractivity contribution in [2.75, 3.05) is 19.0 Å². The molecular formula is C23H27ClN2O3S. The van der Waals surface area contributed by atoms with Crippen LogP contribution in [0, 0.1) is 11.8 Å². The normalized spacial score (nSPS) is 18.5. The summed E-state index contributed by atoms with van der Waals surface area (Å²) in [4.78, 5) is 13.4. The van der Waals surface area contributed by atoms with Crippen LogP contribution in [0.25, 0.3) is 0 Å².